The van der Waals surface area contributed by atoms with E-state index in [9.17, 15) is 9.90 Å². The van der Waals surface area contributed by atoms with Crippen LogP contribution in [-0.4, -0.2) is 22.5 Å². The highest BCUT2D eigenvalue weighted by Crippen LogP contribution is 2.62. The number of carbonyl (C=O) groups excluding carboxylic acids is 1. The van der Waals surface area contributed by atoms with E-state index in [0.29, 0.717) is 11.3 Å². The molecule has 5 nitrogen and oxygen atoms in total. The monoisotopic (exact) mass is 337 g/mol. The molecule has 2 amide bonds. The van der Waals surface area contributed by atoms with Crippen molar-refractivity contribution in [3.63, 3.8) is 0 Å². The lowest BCUT2D eigenvalue weighted by atomic mass is 9.45. The van der Waals surface area contributed by atoms with Gasteiger partial charge in [-0.15, -0.1) is 0 Å². The number of amides is 2. The molecule has 2 rings (SSSR count). The Kier molecular flexibility index (Phi) is 5.34. The van der Waals surface area contributed by atoms with Gasteiger partial charge in [0.05, 0.1) is 5.60 Å². The van der Waals surface area contributed by atoms with Crippen LogP contribution in [0.1, 0.15) is 79.6 Å². The van der Waals surface area contributed by atoms with Crippen LogP contribution in [0, 0.1) is 22.7 Å². The maximum Gasteiger partial charge on any atom is 0.332 e. The van der Waals surface area contributed by atoms with Crippen molar-refractivity contribution < 1.29 is 9.90 Å². The van der Waals surface area contributed by atoms with E-state index >= 15 is 0 Å². The summed E-state index contributed by atoms with van der Waals surface area (Å²) < 4.78 is 0. The molecule has 2 aliphatic rings. The van der Waals surface area contributed by atoms with Crippen molar-refractivity contribution in [3.8, 4) is 0 Å². The van der Waals surface area contributed by atoms with Gasteiger partial charge in [-0.2, -0.15) is 5.10 Å². The average Bonchev–Trinajstić information content (AvgIpc) is 2.42. The summed E-state index contributed by atoms with van der Waals surface area (Å²) >= 11 is 0. The molecule has 2 saturated carbocycles. The van der Waals surface area contributed by atoms with Crippen LogP contribution in [-0.2, 0) is 0 Å². The number of urea groups is 1. The molecule has 0 spiro atoms. The van der Waals surface area contributed by atoms with Crippen LogP contribution >= 0.6 is 0 Å². The first-order valence-corrected chi connectivity index (χ1v) is 9.30. The summed E-state index contributed by atoms with van der Waals surface area (Å²) in [6, 6.07) is -0.639. The van der Waals surface area contributed by atoms with Crippen LogP contribution in [0.2, 0.25) is 0 Å². The van der Waals surface area contributed by atoms with Crippen molar-refractivity contribution in [1.82, 2.24) is 5.43 Å². The van der Waals surface area contributed by atoms with E-state index in [1.165, 1.54) is 19.3 Å². The summed E-state index contributed by atoms with van der Waals surface area (Å²) in [5.41, 5.74) is 8.10. The van der Waals surface area contributed by atoms with E-state index in [2.05, 4.69) is 31.3 Å². The Morgan fingerprint density at radius 1 is 1.25 bits per heavy atom. The van der Waals surface area contributed by atoms with Gasteiger partial charge in [0.1, 0.15) is 0 Å². The molecule has 0 aromatic heterocycles. The number of rotatable bonds is 4. The van der Waals surface area contributed by atoms with Gasteiger partial charge in [0.2, 0.25) is 0 Å². The number of hydrogen-bond donors (Lipinski definition) is 3. The van der Waals surface area contributed by atoms with Gasteiger partial charge in [-0.3, -0.25) is 0 Å². The second-order valence-corrected chi connectivity index (χ2v) is 9.21. The van der Waals surface area contributed by atoms with Crippen LogP contribution < -0.4 is 11.2 Å². The molecule has 0 bridgehead atoms. The third kappa shape index (κ3) is 3.76. The zero-order valence-electron chi connectivity index (χ0n) is 16.0. The van der Waals surface area contributed by atoms with E-state index in [-0.39, 0.29) is 11.3 Å². The number of primary amides is 1. The number of fused-ring (bicyclic) bond motifs is 1. The molecule has 5 heteroatoms. The van der Waals surface area contributed by atoms with E-state index in [1.807, 2.05) is 13.8 Å². The summed E-state index contributed by atoms with van der Waals surface area (Å²) in [6.45, 7) is 11.1. The highest BCUT2D eigenvalue weighted by Gasteiger charge is 2.57. The van der Waals surface area contributed by atoms with Crippen molar-refractivity contribution in [2.75, 3.05) is 0 Å². The van der Waals surface area contributed by atoms with Gasteiger partial charge < -0.3 is 10.8 Å². The van der Waals surface area contributed by atoms with Crippen LogP contribution in [0.3, 0.4) is 0 Å². The third-order valence-electron chi connectivity index (χ3n) is 6.91. The fourth-order valence-electron chi connectivity index (χ4n) is 5.83. The number of hydrazone groups is 1. The fourth-order valence-corrected chi connectivity index (χ4v) is 5.83. The molecule has 138 valence electrons. The zero-order valence-corrected chi connectivity index (χ0v) is 16.0. The van der Waals surface area contributed by atoms with E-state index in [1.54, 1.807) is 0 Å². The minimum Gasteiger partial charge on any atom is -0.390 e. The molecular formula is C19H35N3O2. The molecule has 0 aromatic carbocycles. The predicted molar refractivity (Wildman–Crippen MR) is 97.6 cm³/mol. The maximum absolute atomic E-state index is 11.1. The largest absolute Gasteiger partial charge is 0.390 e. The first kappa shape index (κ1) is 19.2. The van der Waals surface area contributed by atoms with Crippen LogP contribution in [0.4, 0.5) is 4.79 Å². The summed E-state index contributed by atoms with van der Waals surface area (Å²) in [5, 5.41) is 15.1. The number of carbonyl (C=O) groups is 1. The van der Waals surface area contributed by atoms with Gasteiger partial charge in [0, 0.05) is 5.71 Å². The van der Waals surface area contributed by atoms with Gasteiger partial charge in [0.25, 0.3) is 0 Å². The van der Waals surface area contributed by atoms with Gasteiger partial charge in [-0.05, 0) is 75.0 Å². The SMILES string of the molecule is C/C(CC[C@H]1[C@]2(C)CCCC(C)(C)[C@H]2CC[C@@]1(C)O)=N\NC(N)=O. The normalized spacial score (nSPS) is 39.2. The Hall–Kier alpha value is -1.10. The van der Waals surface area contributed by atoms with Crippen molar-refractivity contribution in [2.24, 2.45) is 33.5 Å². The molecule has 24 heavy (non-hydrogen) atoms. The lowest BCUT2D eigenvalue weighted by Crippen LogP contribution is -2.57. The summed E-state index contributed by atoms with van der Waals surface area (Å²) in [5.74, 6) is 0.909. The molecule has 0 heterocycles. The second-order valence-electron chi connectivity index (χ2n) is 9.21. The van der Waals surface area contributed by atoms with Crippen LogP contribution in [0.25, 0.3) is 0 Å². The van der Waals surface area contributed by atoms with Crippen LogP contribution in [0.15, 0.2) is 5.10 Å². The standard InChI is InChI=1S/C19H35N3O2/c1-13(21-22-16(20)23)7-8-15-18(4)11-6-10-17(2,3)14(18)9-12-19(15,5)24/h14-15,24H,6-12H2,1-5H3,(H3,20,22,23)/b21-13+/t14-,15+,18-,19-/m1/s1. The molecule has 4 atom stereocenters. The summed E-state index contributed by atoms with van der Waals surface area (Å²) in [6.07, 6.45) is 7.36. The Bertz CT molecular complexity index is 513. The van der Waals surface area contributed by atoms with Crippen LogP contribution in [0.5, 0.6) is 0 Å². The molecule has 0 radical (unpaired) electrons. The minimum atomic E-state index is -0.639. The molecule has 0 aliphatic heterocycles. The highest BCUT2D eigenvalue weighted by atomic mass is 16.3. The van der Waals surface area contributed by atoms with E-state index < -0.39 is 11.6 Å². The Morgan fingerprint density at radius 3 is 2.54 bits per heavy atom. The van der Waals surface area contributed by atoms with Gasteiger partial charge in [-0.25, -0.2) is 10.2 Å². The number of nitrogens with two attached hydrogens (primary N) is 1. The zero-order chi connectivity index (χ0) is 18.2. The molecule has 4 N–H and O–H groups in total. The molecule has 0 unspecified atom stereocenters. The molecule has 2 fully saturated rings. The van der Waals surface area contributed by atoms with Gasteiger partial charge in [0.15, 0.2) is 0 Å². The quantitative estimate of drug-likeness (QED) is 0.538. The van der Waals surface area contributed by atoms with E-state index in [4.69, 9.17) is 5.73 Å². The average molecular weight is 338 g/mol. The molecule has 0 saturated heterocycles. The first-order valence-electron chi connectivity index (χ1n) is 9.30. The number of aliphatic hydroxyl groups is 1. The second kappa shape index (κ2) is 6.66. The molecule has 0 aromatic rings. The summed E-state index contributed by atoms with van der Waals surface area (Å²) in [4.78, 5) is 10.8. The number of nitrogens with one attached hydrogen (secondary N) is 1. The lowest BCUT2D eigenvalue weighted by molar-refractivity contribution is -0.168. The Balaban J connectivity index is 2.18. The topological polar surface area (TPSA) is 87.7 Å². The predicted octanol–water partition coefficient (Wildman–Crippen LogP) is 3.80. The number of nitrogens with zero attached hydrogens (tertiary/aromatic N) is 1. The van der Waals surface area contributed by atoms with E-state index in [0.717, 1.165) is 31.4 Å². The Labute approximate surface area is 146 Å². The summed E-state index contributed by atoms with van der Waals surface area (Å²) in [7, 11) is 0. The third-order valence-corrected chi connectivity index (χ3v) is 6.91. The van der Waals surface area contributed by atoms with Gasteiger partial charge in [-0.1, -0.05) is 27.2 Å². The lowest BCUT2D eigenvalue weighted by Gasteiger charge is -2.61. The molecular weight excluding hydrogens is 302 g/mol. The smallest absolute Gasteiger partial charge is 0.332 e. The minimum absolute atomic E-state index is 0.168. The fraction of sp³-hybridized carbons (Fsp3) is 0.895. The van der Waals surface area contributed by atoms with Crippen molar-refractivity contribution in [2.45, 2.75) is 85.2 Å². The molecule has 2 aliphatic carbocycles. The highest BCUT2D eigenvalue weighted by molar-refractivity contribution is 5.83. The van der Waals surface area contributed by atoms with Crippen molar-refractivity contribution >= 4 is 11.7 Å². The maximum atomic E-state index is 11.1. The van der Waals surface area contributed by atoms with Crippen molar-refractivity contribution in [1.29, 1.82) is 0 Å². The van der Waals surface area contributed by atoms with Crippen molar-refractivity contribution in [3.05, 3.63) is 0 Å². The first-order chi connectivity index (χ1) is 11.0. The Morgan fingerprint density at radius 2 is 1.92 bits per heavy atom. The van der Waals surface area contributed by atoms with Gasteiger partial charge >= 0.3 is 6.03 Å². The number of hydrogen-bond acceptors (Lipinski definition) is 3.